The van der Waals surface area contributed by atoms with Crippen LogP contribution < -0.4 is 10.1 Å². The Bertz CT molecular complexity index is 810. The van der Waals surface area contributed by atoms with E-state index in [-0.39, 0.29) is 5.91 Å². The molecule has 0 unspecified atom stereocenters. The molecule has 106 valence electrons. The molecule has 0 atom stereocenters. The predicted molar refractivity (Wildman–Crippen MR) is 84.9 cm³/mol. The highest BCUT2D eigenvalue weighted by Crippen LogP contribution is 2.29. The molecule has 0 bridgehead atoms. The van der Waals surface area contributed by atoms with Crippen LogP contribution in [0.4, 0.5) is 5.69 Å². The number of anilines is 1. The molecular formula is C16H12BrNO3. The number of hydrogen-bond acceptors (Lipinski definition) is 3. The van der Waals surface area contributed by atoms with Gasteiger partial charge in [-0.05, 0) is 24.3 Å². The van der Waals surface area contributed by atoms with Gasteiger partial charge in [0.1, 0.15) is 17.6 Å². The number of carbonyl (C=O) groups is 1. The molecule has 1 N–H and O–H groups in total. The van der Waals surface area contributed by atoms with Gasteiger partial charge in [-0.3, -0.25) is 4.79 Å². The van der Waals surface area contributed by atoms with Gasteiger partial charge >= 0.3 is 0 Å². The summed E-state index contributed by atoms with van der Waals surface area (Å²) in [5.41, 5.74) is 1.78. The molecule has 0 saturated heterocycles. The fourth-order valence-corrected chi connectivity index (χ4v) is 2.48. The SMILES string of the molecule is COc1ccc(Br)cc1NC(=O)c1coc2ccccc12. The standard InChI is InChI=1S/C16H12BrNO3/c1-20-15-7-6-10(17)8-13(15)18-16(19)12-9-21-14-5-3-2-4-11(12)14/h2-9H,1H3,(H,18,19). The average Bonchev–Trinajstić information content (AvgIpc) is 2.91. The number of methoxy groups -OCH3 is 1. The molecule has 0 spiro atoms. The van der Waals surface area contributed by atoms with Gasteiger partial charge in [0.25, 0.3) is 5.91 Å². The number of hydrogen-bond donors (Lipinski definition) is 1. The highest BCUT2D eigenvalue weighted by molar-refractivity contribution is 9.10. The van der Waals surface area contributed by atoms with Crippen LogP contribution in [-0.4, -0.2) is 13.0 Å². The van der Waals surface area contributed by atoms with Crippen molar-refractivity contribution in [1.82, 2.24) is 0 Å². The highest BCUT2D eigenvalue weighted by atomic mass is 79.9. The van der Waals surface area contributed by atoms with Crippen molar-refractivity contribution < 1.29 is 13.9 Å². The van der Waals surface area contributed by atoms with E-state index in [9.17, 15) is 4.79 Å². The lowest BCUT2D eigenvalue weighted by Gasteiger charge is -2.10. The lowest BCUT2D eigenvalue weighted by molar-refractivity contribution is 0.102. The molecule has 21 heavy (non-hydrogen) atoms. The van der Waals surface area contributed by atoms with E-state index < -0.39 is 0 Å². The van der Waals surface area contributed by atoms with Crippen LogP contribution in [0.5, 0.6) is 5.75 Å². The third-order valence-electron chi connectivity index (χ3n) is 3.14. The Labute approximate surface area is 129 Å². The van der Waals surface area contributed by atoms with E-state index in [2.05, 4.69) is 21.2 Å². The van der Waals surface area contributed by atoms with Crippen molar-refractivity contribution in [1.29, 1.82) is 0 Å². The van der Waals surface area contributed by atoms with Crippen molar-refractivity contribution in [2.75, 3.05) is 12.4 Å². The van der Waals surface area contributed by atoms with Gasteiger partial charge < -0.3 is 14.5 Å². The largest absolute Gasteiger partial charge is 0.495 e. The number of halogens is 1. The average molecular weight is 346 g/mol. The molecule has 3 rings (SSSR count). The maximum atomic E-state index is 12.4. The molecule has 0 aliphatic rings. The molecule has 1 aromatic heterocycles. The summed E-state index contributed by atoms with van der Waals surface area (Å²) in [6.45, 7) is 0. The van der Waals surface area contributed by atoms with Crippen molar-refractivity contribution in [3.05, 3.63) is 58.8 Å². The first-order valence-corrected chi connectivity index (χ1v) is 7.09. The lowest BCUT2D eigenvalue weighted by Crippen LogP contribution is -2.12. The van der Waals surface area contributed by atoms with Gasteiger partial charge in [-0.2, -0.15) is 0 Å². The van der Waals surface area contributed by atoms with Crippen molar-refractivity contribution >= 4 is 38.5 Å². The van der Waals surface area contributed by atoms with Crippen LogP contribution in [-0.2, 0) is 0 Å². The monoisotopic (exact) mass is 345 g/mol. The quantitative estimate of drug-likeness (QED) is 0.762. The zero-order chi connectivity index (χ0) is 14.8. The molecule has 1 heterocycles. The molecule has 0 aliphatic carbocycles. The summed E-state index contributed by atoms with van der Waals surface area (Å²) >= 11 is 3.38. The molecule has 0 fully saturated rings. The third kappa shape index (κ3) is 2.64. The van der Waals surface area contributed by atoms with Crippen molar-refractivity contribution in [3.63, 3.8) is 0 Å². The minimum atomic E-state index is -0.239. The predicted octanol–water partition coefficient (Wildman–Crippen LogP) is 4.46. The van der Waals surface area contributed by atoms with E-state index in [4.69, 9.17) is 9.15 Å². The van der Waals surface area contributed by atoms with Crippen LogP contribution in [0.1, 0.15) is 10.4 Å². The molecule has 0 radical (unpaired) electrons. The van der Waals surface area contributed by atoms with E-state index in [1.807, 2.05) is 30.3 Å². The summed E-state index contributed by atoms with van der Waals surface area (Å²) in [5.74, 6) is 0.357. The number of benzene rings is 2. The van der Waals surface area contributed by atoms with Crippen molar-refractivity contribution in [2.45, 2.75) is 0 Å². The van der Waals surface area contributed by atoms with E-state index in [1.54, 1.807) is 19.2 Å². The number of amides is 1. The minimum Gasteiger partial charge on any atom is -0.495 e. The number of nitrogens with one attached hydrogen (secondary N) is 1. The van der Waals surface area contributed by atoms with Gasteiger partial charge in [0.05, 0.1) is 18.4 Å². The molecule has 5 heteroatoms. The minimum absolute atomic E-state index is 0.239. The second-order valence-corrected chi connectivity index (χ2v) is 5.36. The number of furan rings is 1. The van der Waals surface area contributed by atoms with Gasteiger partial charge in [-0.25, -0.2) is 0 Å². The molecular weight excluding hydrogens is 334 g/mol. The normalized spacial score (nSPS) is 10.6. The van der Waals surface area contributed by atoms with E-state index >= 15 is 0 Å². The van der Waals surface area contributed by atoms with E-state index in [1.165, 1.54) is 6.26 Å². The second-order valence-electron chi connectivity index (χ2n) is 4.44. The van der Waals surface area contributed by atoms with Gasteiger partial charge in [-0.15, -0.1) is 0 Å². The Balaban J connectivity index is 1.95. The van der Waals surface area contributed by atoms with Gasteiger partial charge in [-0.1, -0.05) is 34.1 Å². The fraction of sp³-hybridized carbons (Fsp3) is 0.0625. The van der Waals surface area contributed by atoms with Gasteiger partial charge in [0.2, 0.25) is 0 Å². The summed E-state index contributed by atoms with van der Waals surface area (Å²) in [6.07, 6.45) is 1.46. The molecule has 3 aromatic rings. The second kappa shape index (κ2) is 5.61. The Hall–Kier alpha value is -2.27. The first-order chi connectivity index (χ1) is 10.2. The van der Waals surface area contributed by atoms with Gasteiger partial charge in [0, 0.05) is 9.86 Å². The van der Waals surface area contributed by atoms with Crippen molar-refractivity contribution in [3.8, 4) is 5.75 Å². The maximum Gasteiger partial charge on any atom is 0.259 e. The summed E-state index contributed by atoms with van der Waals surface area (Å²) in [4.78, 5) is 12.4. The van der Waals surface area contributed by atoms with Gasteiger partial charge in [0.15, 0.2) is 0 Å². The number of fused-ring (bicyclic) bond motifs is 1. The number of rotatable bonds is 3. The zero-order valence-electron chi connectivity index (χ0n) is 11.2. The smallest absolute Gasteiger partial charge is 0.259 e. The highest BCUT2D eigenvalue weighted by Gasteiger charge is 2.15. The molecule has 2 aromatic carbocycles. The third-order valence-corrected chi connectivity index (χ3v) is 3.63. The topological polar surface area (TPSA) is 51.5 Å². The Morgan fingerprint density at radius 3 is 2.86 bits per heavy atom. The maximum absolute atomic E-state index is 12.4. The van der Waals surface area contributed by atoms with Crippen molar-refractivity contribution in [2.24, 2.45) is 0 Å². The molecule has 4 nitrogen and oxygen atoms in total. The van der Waals surface area contributed by atoms with Crippen LogP contribution in [0, 0.1) is 0 Å². The van der Waals surface area contributed by atoms with Crippen LogP contribution >= 0.6 is 15.9 Å². The Kier molecular flexibility index (Phi) is 3.66. The van der Waals surface area contributed by atoms with Crippen LogP contribution in [0.3, 0.4) is 0 Å². The summed E-state index contributed by atoms with van der Waals surface area (Å²) in [5, 5.41) is 3.62. The molecule has 0 saturated carbocycles. The molecule has 0 aliphatic heterocycles. The van der Waals surface area contributed by atoms with E-state index in [0.29, 0.717) is 22.6 Å². The summed E-state index contributed by atoms with van der Waals surface area (Å²) < 4.78 is 11.5. The van der Waals surface area contributed by atoms with E-state index in [0.717, 1.165) is 9.86 Å². The number of ether oxygens (including phenoxy) is 1. The first kappa shape index (κ1) is 13.7. The van der Waals surface area contributed by atoms with Crippen LogP contribution in [0.15, 0.2) is 57.6 Å². The van der Waals surface area contributed by atoms with Crippen LogP contribution in [0.25, 0.3) is 11.0 Å². The number of carbonyl (C=O) groups excluding carboxylic acids is 1. The zero-order valence-corrected chi connectivity index (χ0v) is 12.8. The Morgan fingerprint density at radius 2 is 2.05 bits per heavy atom. The Morgan fingerprint density at radius 1 is 1.24 bits per heavy atom. The summed E-state index contributed by atoms with van der Waals surface area (Å²) in [7, 11) is 1.56. The summed E-state index contributed by atoms with van der Waals surface area (Å²) in [6, 6.07) is 12.8. The first-order valence-electron chi connectivity index (χ1n) is 6.30. The molecule has 1 amide bonds. The number of para-hydroxylation sites is 1. The lowest BCUT2D eigenvalue weighted by atomic mass is 10.1. The van der Waals surface area contributed by atoms with Crippen LogP contribution in [0.2, 0.25) is 0 Å². The fourth-order valence-electron chi connectivity index (χ4n) is 2.12.